The summed E-state index contributed by atoms with van der Waals surface area (Å²) in [6.45, 7) is 1.42. The zero-order chi connectivity index (χ0) is 15.9. The third-order valence-electron chi connectivity index (χ3n) is 2.56. The number of anilines is 2. The topological polar surface area (TPSA) is 94.9 Å². The lowest BCUT2D eigenvalue weighted by molar-refractivity contribution is -0.114. The Hall–Kier alpha value is -2.98. The molecule has 1 aromatic heterocycles. The van der Waals surface area contributed by atoms with E-state index in [1.165, 1.54) is 24.3 Å². The van der Waals surface area contributed by atoms with Crippen molar-refractivity contribution >= 4 is 40.0 Å². The lowest BCUT2D eigenvalue weighted by atomic mass is 10.1. The fourth-order valence-corrected chi connectivity index (χ4v) is 2.15. The van der Waals surface area contributed by atoms with Crippen molar-refractivity contribution < 1.29 is 9.59 Å². The molecule has 0 spiro atoms. The molecule has 2 N–H and O–H groups in total. The van der Waals surface area contributed by atoms with Crippen LogP contribution < -0.4 is 10.6 Å². The van der Waals surface area contributed by atoms with Gasteiger partial charge in [0.25, 0.3) is 5.91 Å². The van der Waals surface area contributed by atoms with Crippen LogP contribution in [0.3, 0.4) is 0 Å². The van der Waals surface area contributed by atoms with Crippen LogP contribution in [0.4, 0.5) is 10.8 Å². The number of rotatable bonds is 4. The number of nitrogens with one attached hydrogen (secondary N) is 2. The Bertz CT molecular complexity index is 743. The van der Waals surface area contributed by atoms with E-state index in [2.05, 4.69) is 15.6 Å². The number of benzene rings is 1. The van der Waals surface area contributed by atoms with Crippen LogP contribution in [0.5, 0.6) is 0 Å². The Morgan fingerprint density at radius 1 is 1.27 bits per heavy atom. The molecule has 1 aromatic carbocycles. The first-order valence-electron chi connectivity index (χ1n) is 6.29. The largest absolute Gasteiger partial charge is 0.326 e. The quantitative estimate of drug-likeness (QED) is 0.670. The van der Waals surface area contributed by atoms with Crippen LogP contribution in [0.1, 0.15) is 12.5 Å². The number of carbonyl (C=O) groups is 2. The number of hydrogen-bond acceptors (Lipinski definition) is 5. The Labute approximate surface area is 131 Å². The molecule has 0 aliphatic carbocycles. The SMILES string of the molecule is CC(=O)Nc1ccc(/C=C(\C#N)C(=O)Nc2nccs2)cc1. The van der Waals surface area contributed by atoms with Gasteiger partial charge >= 0.3 is 0 Å². The third-order valence-corrected chi connectivity index (χ3v) is 3.25. The van der Waals surface area contributed by atoms with Crippen LogP contribution in [-0.2, 0) is 9.59 Å². The van der Waals surface area contributed by atoms with Crippen LogP contribution in [-0.4, -0.2) is 16.8 Å². The van der Waals surface area contributed by atoms with Gasteiger partial charge < -0.3 is 5.32 Å². The smallest absolute Gasteiger partial charge is 0.268 e. The summed E-state index contributed by atoms with van der Waals surface area (Å²) in [5, 5.41) is 16.5. The molecule has 0 saturated heterocycles. The number of aromatic nitrogens is 1. The Balaban J connectivity index is 2.12. The molecule has 7 heteroatoms. The average Bonchev–Trinajstić information content (AvgIpc) is 2.98. The maximum atomic E-state index is 12.0. The van der Waals surface area contributed by atoms with Gasteiger partial charge in [0.1, 0.15) is 11.6 Å². The van der Waals surface area contributed by atoms with Gasteiger partial charge in [0.15, 0.2) is 5.13 Å². The predicted molar refractivity (Wildman–Crippen MR) is 85.1 cm³/mol. The van der Waals surface area contributed by atoms with Gasteiger partial charge in [-0.25, -0.2) is 4.98 Å². The maximum Gasteiger partial charge on any atom is 0.268 e. The zero-order valence-corrected chi connectivity index (χ0v) is 12.5. The van der Waals surface area contributed by atoms with Gasteiger partial charge in [-0.1, -0.05) is 12.1 Å². The standard InChI is InChI=1S/C15H12N4O2S/c1-10(20)18-13-4-2-11(3-5-13)8-12(9-16)14(21)19-15-17-6-7-22-15/h2-8H,1H3,(H,18,20)(H,17,19,21)/b12-8+. The predicted octanol–water partition coefficient (Wildman–Crippen LogP) is 2.65. The van der Waals surface area contributed by atoms with E-state index in [0.29, 0.717) is 16.4 Å². The minimum atomic E-state index is -0.511. The molecule has 0 saturated carbocycles. The second-order valence-electron chi connectivity index (χ2n) is 4.26. The summed E-state index contributed by atoms with van der Waals surface area (Å²) >= 11 is 1.27. The van der Waals surface area contributed by atoms with Crippen LogP contribution in [0.25, 0.3) is 6.08 Å². The van der Waals surface area contributed by atoms with Gasteiger partial charge in [-0.3, -0.25) is 14.9 Å². The highest BCUT2D eigenvalue weighted by atomic mass is 32.1. The van der Waals surface area contributed by atoms with Crippen LogP contribution in [0.15, 0.2) is 41.4 Å². The highest BCUT2D eigenvalue weighted by Gasteiger charge is 2.10. The summed E-state index contributed by atoms with van der Waals surface area (Å²) in [6, 6.07) is 8.67. The van der Waals surface area contributed by atoms with Crippen molar-refractivity contribution in [3.63, 3.8) is 0 Å². The van der Waals surface area contributed by atoms with E-state index < -0.39 is 5.91 Å². The van der Waals surface area contributed by atoms with E-state index in [4.69, 9.17) is 5.26 Å². The first kappa shape index (κ1) is 15.4. The molecule has 0 radical (unpaired) electrons. The lowest BCUT2D eigenvalue weighted by Gasteiger charge is -2.03. The van der Waals surface area contributed by atoms with Gasteiger partial charge in [0.2, 0.25) is 5.91 Å². The number of amides is 2. The second-order valence-corrected chi connectivity index (χ2v) is 5.16. The molecule has 2 rings (SSSR count). The van der Waals surface area contributed by atoms with Gasteiger partial charge in [-0.15, -0.1) is 11.3 Å². The summed E-state index contributed by atoms with van der Waals surface area (Å²) in [4.78, 5) is 26.8. The first-order valence-corrected chi connectivity index (χ1v) is 7.17. The van der Waals surface area contributed by atoms with Gasteiger partial charge in [-0.2, -0.15) is 5.26 Å². The minimum Gasteiger partial charge on any atom is -0.326 e. The molecular weight excluding hydrogens is 300 g/mol. The van der Waals surface area contributed by atoms with Crippen molar-refractivity contribution in [2.24, 2.45) is 0 Å². The maximum absolute atomic E-state index is 12.0. The van der Waals surface area contributed by atoms with E-state index >= 15 is 0 Å². The van der Waals surface area contributed by atoms with E-state index in [1.807, 2.05) is 6.07 Å². The van der Waals surface area contributed by atoms with Crippen LogP contribution in [0, 0.1) is 11.3 Å². The lowest BCUT2D eigenvalue weighted by Crippen LogP contribution is -2.13. The summed E-state index contributed by atoms with van der Waals surface area (Å²) in [7, 11) is 0. The summed E-state index contributed by atoms with van der Waals surface area (Å²) in [5.74, 6) is -0.674. The molecule has 22 heavy (non-hydrogen) atoms. The second kappa shape index (κ2) is 7.15. The fourth-order valence-electron chi connectivity index (χ4n) is 1.63. The van der Waals surface area contributed by atoms with Crippen LogP contribution >= 0.6 is 11.3 Å². The highest BCUT2D eigenvalue weighted by Crippen LogP contribution is 2.15. The molecule has 6 nitrogen and oxygen atoms in total. The molecule has 2 amide bonds. The van der Waals surface area contributed by atoms with Crippen molar-refractivity contribution in [2.75, 3.05) is 10.6 Å². The number of hydrogen-bond donors (Lipinski definition) is 2. The Kier molecular flexibility index (Phi) is 5.01. The van der Waals surface area contributed by atoms with Crippen molar-refractivity contribution in [3.8, 4) is 6.07 Å². The molecule has 0 bridgehead atoms. The number of nitrogens with zero attached hydrogens (tertiary/aromatic N) is 2. The van der Waals surface area contributed by atoms with E-state index in [0.717, 1.165) is 0 Å². The van der Waals surface area contributed by atoms with Crippen LogP contribution in [0.2, 0.25) is 0 Å². The van der Waals surface area contributed by atoms with Crippen molar-refractivity contribution in [1.29, 1.82) is 5.26 Å². The summed E-state index contributed by atoms with van der Waals surface area (Å²) in [5.41, 5.74) is 1.30. The third kappa shape index (κ3) is 4.26. The fraction of sp³-hybridized carbons (Fsp3) is 0.0667. The Morgan fingerprint density at radius 2 is 2.00 bits per heavy atom. The summed E-state index contributed by atoms with van der Waals surface area (Å²) in [6.07, 6.45) is 3.04. The normalized spacial score (nSPS) is 10.6. The average molecular weight is 312 g/mol. The van der Waals surface area contributed by atoms with Crippen molar-refractivity contribution in [1.82, 2.24) is 4.98 Å². The van der Waals surface area contributed by atoms with Crippen molar-refractivity contribution in [2.45, 2.75) is 6.92 Å². The molecule has 0 fully saturated rings. The molecule has 2 aromatic rings. The van der Waals surface area contributed by atoms with Gasteiger partial charge in [0, 0.05) is 24.2 Å². The molecular formula is C15H12N4O2S. The zero-order valence-electron chi connectivity index (χ0n) is 11.7. The van der Waals surface area contributed by atoms with E-state index in [9.17, 15) is 9.59 Å². The highest BCUT2D eigenvalue weighted by molar-refractivity contribution is 7.13. The molecule has 0 aliphatic heterocycles. The Morgan fingerprint density at radius 3 is 2.55 bits per heavy atom. The molecule has 0 atom stereocenters. The number of nitriles is 1. The molecule has 1 heterocycles. The molecule has 110 valence electrons. The van der Waals surface area contributed by atoms with Gasteiger partial charge in [-0.05, 0) is 23.8 Å². The van der Waals surface area contributed by atoms with E-state index in [-0.39, 0.29) is 11.5 Å². The number of carbonyl (C=O) groups excluding carboxylic acids is 2. The summed E-state index contributed by atoms with van der Waals surface area (Å²) < 4.78 is 0. The first-order chi connectivity index (χ1) is 10.6. The molecule has 0 aliphatic rings. The minimum absolute atomic E-state index is 0.0255. The van der Waals surface area contributed by atoms with Crippen molar-refractivity contribution in [3.05, 3.63) is 47.0 Å². The van der Waals surface area contributed by atoms with E-state index in [1.54, 1.807) is 35.8 Å². The monoisotopic (exact) mass is 312 g/mol. The molecule has 0 unspecified atom stereocenters. The van der Waals surface area contributed by atoms with Gasteiger partial charge in [0.05, 0.1) is 0 Å². The number of thiazole rings is 1.